The van der Waals surface area contributed by atoms with E-state index in [1.807, 2.05) is 6.07 Å². The molecule has 0 fully saturated rings. The van der Waals surface area contributed by atoms with E-state index in [4.69, 9.17) is 4.42 Å². The number of aliphatic hydroxyl groups excluding tert-OH is 1. The first-order valence-corrected chi connectivity index (χ1v) is 7.72. The predicted molar refractivity (Wildman–Crippen MR) is 89.5 cm³/mol. The van der Waals surface area contributed by atoms with Crippen LogP contribution in [-0.4, -0.2) is 16.8 Å². The molecule has 0 saturated heterocycles. The van der Waals surface area contributed by atoms with E-state index in [0.717, 1.165) is 0 Å². The molecule has 0 aliphatic carbocycles. The van der Waals surface area contributed by atoms with Crippen molar-refractivity contribution in [2.75, 3.05) is 4.90 Å². The molecule has 1 amide bonds. The van der Waals surface area contributed by atoms with Gasteiger partial charge >= 0.3 is 0 Å². The van der Waals surface area contributed by atoms with Gasteiger partial charge in [-0.1, -0.05) is 39.0 Å². The van der Waals surface area contributed by atoms with Crippen molar-refractivity contribution in [1.29, 1.82) is 0 Å². The molecule has 0 saturated carbocycles. The second kappa shape index (κ2) is 5.67. The number of rotatable bonds is 3. The van der Waals surface area contributed by atoms with Gasteiger partial charge in [0.1, 0.15) is 11.8 Å². The largest absolute Gasteiger partial charge is 0.503 e. The zero-order valence-electron chi connectivity index (χ0n) is 13.8. The first-order valence-electron chi connectivity index (χ1n) is 7.72. The Labute approximate surface area is 140 Å². The molecule has 24 heavy (non-hydrogen) atoms. The molecule has 0 radical (unpaired) electrons. The van der Waals surface area contributed by atoms with Crippen LogP contribution in [0, 0.1) is 5.41 Å². The summed E-state index contributed by atoms with van der Waals surface area (Å²) in [6.45, 7) is 5.26. The number of hydrogen-bond acceptors (Lipinski definition) is 4. The lowest BCUT2D eigenvalue weighted by atomic mass is 9.83. The van der Waals surface area contributed by atoms with E-state index >= 15 is 0 Å². The Balaban J connectivity index is 2.17. The number of hydrogen-bond donors (Lipinski definition) is 1. The van der Waals surface area contributed by atoms with Crippen LogP contribution in [0.4, 0.5) is 5.69 Å². The van der Waals surface area contributed by atoms with E-state index in [0.29, 0.717) is 11.4 Å². The number of anilines is 1. The second-order valence-corrected chi connectivity index (χ2v) is 6.77. The third-order valence-corrected chi connectivity index (χ3v) is 3.98. The summed E-state index contributed by atoms with van der Waals surface area (Å²) >= 11 is 0. The van der Waals surface area contributed by atoms with Crippen molar-refractivity contribution in [3.05, 3.63) is 65.8 Å². The summed E-state index contributed by atoms with van der Waals surface area (Å²) in [4.78, 5) is 26.9. The van der Waals surface area contributed by atoms with Crippen molar-refractivity contribution < 1.29 is 19.1 Å². The van der Waals surface area contributed by atoms with Crippen LogP contribution in [0.2, 0.25) is 0 Å². The predicted octanol–water partition coefficient (Wildman–Crippen LogP) is 3.79. The molecule has 0 bridgehead atoms. The summed E-state index contributed by atoms with van der Waals surface area (Å²) in [7, 11) is 0. The summed E-state index contributed by atoms with van der Waals surface area (Å²) < 4.78 is 5.47. The second-order valence-electron chi connectivity index (χ2n) is 6.77. The quantitative estimate of drug-likeness (QED) is 0.932. The highest BCUT2D eigenvalue weighted by molar-refractivity contribution is 6.17. The van der Waals surface area contributed by atoms with Gasteiger partial charge in [0.25, 0.3) is 5.91 Å². The van der Waals surface area contributed by atoms with Crippen LogP contribution in [-0.2, 0) is 9.59 Å². The SMILES string of the molecule is CC(C)(C)C(=O)C1=C(O)C(=O)N(c2ccccc2)C1c1ccco1. The number of carbonyl (C=O) groups is 2. The van der Waals surface area contributed by atoms with Gasteiger partial charge in [-0.25, -0.2) is 0 Å². The molecular formula is C19H19NO4. The van der Waals surface area contributed by atoms with E-state index < -0.39 is 23.1 Å². The molecule has 1 unspecified atom stereocenters. The Morgan fingerprint density at radius 2 is 1.79 bits per heavy atom. The Morgan fingerprint density at radius 1 is 1.12 bits per heavy atom. The van der Waals surface area contributed by atoms with Gasteiger partial charge in [0.15, 0.2) is 11.5 Å². The molecule has 2 heterocycles. The number of carbonyl (C=O) groups excluding carboxylic acids is 2. The van der Waals surface area contributed by atoms with Crippen molar-refractivity contribution in [2.45, 2.75) is 26.8 Å². The van der Waals surface area contributed by atoms with Crippen LogP contribution in [0.1, 0.15) is 32.6 Å². The highest BCUT2D eigenvalue weighted by Crippen LogP contribution is 2.43. The van der Waals surface area contributed by atoms with E-state index in [9.17, 15) is 14.7 Å². The molecular weight excluding hydrogens is 306 g/mol. The summed E-state index contributed by atoms with van der Waals surface area (Å²) in [6, 6.07) is 11.5. The number of ketones is 1. The maximum Gasteiger partial charge on any atom is 0.294 e. The summed E-state index contributed by atoms with van der Waals surface area (Å²) in [5.74, 6) is -0.965. The summed E-state index contributed by atoms with van der Waals surface area (Å²) in [5.41, 5.74) is -0.0697. The minimum atomic E-state index is -0.776. The van der Waals surface area contributed by atoms with E-state index in [-0.39, 0.29) is 11.4 Å². The topological polar surface area (TPSA) is 70.8 Å². The average molecular weight is 325 g/mol. The minimum absolute atomic E-state index is 0.0753. The van der Waals surface area contributed by atoms with Crippen LogP contribution in [0.15, 0.2) is 64.5 Å². The van der Waals surface area contributed by atoms with Crippen molar-refractivity contribution in [3.8, 4) is 0 Å². The maximum absolute atomic E-state index is 12.9. The molecule has 2 aromatic rings. The number of aliphatic hydroxyl groups is 1. The van der Waals surface area contributed by atoms with Gasteiger partial charge in [0, 0.05) is 11.1 Å². The number of para-hydroxylation sites is 1. The van der Waals surface area contributed by atoms with Gasteiger partial charge < -0.3 is 9.52 Å². The maximum atomic E-state index is 12.9. The van der Waals surface area contributed by atoms with Gasteiger partial charge in [-0.3, -0.25) is 14.5 Å². The zero-order chi connectivity index (χ0) is 17.5. The fraction of sp³-hybridized carbons (Fsp3) is 0.263. The van der Waals surface area contributed by atoms with Crippen LogP contribution in [0.5, 0.6) is 0 Å². The molecule has 1 aliphatic rings. The number of Topliss-reactive ketones (excluding diaryl/α,β-unsaturated/α-hetero) is 1. The first kappa shape index (κ1) is 16.1. The van der Waals surface area contributed by atoms with Crippen LogP contribution in [0.25, 0.3) is 0 Å². The Kier molecular flexibility index (Phi) is 3.79. The van der Waals surface area contributed by atoms with Crippen LogP contribution in [0.3, 0.4) is 0 Å². The van der Waals surface area contributed by atoms with Crippen LogP contribution >= 0.6 is 0 Å². The molecule has 1 aromatic carbocycles. The van der Waals surface area contributed by atoms with E-state index in [2.05, 4.69) is 0 Å². The Morgan fingerprint density at radius 3 is 2.33 bits per heavy atom. The van der Waals surface area contributed by atoms with E-state index in [1.165, 1.54) is 11.2 Å². The number of benzene rings is 1. The molecule has 0 spiro atoms. The van der Waals surface area contributed by atoms with Gasteiger partial charge in [0.05, 0.1) is 11.8 Å². The molecule has 1 aromatic heterocycles. The fourth-order valence-corrected chi connectivity index (χ4v) is 2.81. The molecule has 1 N–H and O–H groups in total. The average Bonchev–Trinajstić information content (AvgIpc) is 3.14. The lowest BCUT2D eigenvalue weighted by Gasteiger charge is -2.27. The van der Waals surface area contributed by atoms with Crippen molar-refractivity contribution in [2.24, 2.45) is 5.41 Å². The number of nitrogens with zero attached hydrogens (tertiary/aromatic N) is 1. The molecule has 5 nitrogen and oxygen atoms in total. The van der Waals surface area contributed by atoms with Crippen molar-refractivity contribution in [1.82, 2.24) is 0 Å². The monoisotopic (exact) mass is 325 g/mol. The van der Waals surface area contributed by atoms with E-state index in [1.54, 1.807) is 57.2 Å². The molecule has 3 rings (SSSR count). The van der Waals surface area contributed by atoms with Gasteiger partial charge in [0.2, 0.25) is 0 Å². The van der Waals surface area contributed by atoms with Gasteiger partial charge in [-0.2, -0.15) is 0 Å². The third-order valence-electron chi connectivity index (χ3n) is 3.98. The number of amides is 1. The first-order chi connectivity index (χ1) is 11.3. The van der Waals surface area contributed by atoms with Crippen molar-refractivity contribution in [3.63, 3.8) is 0 Å². The Bertz CT molecular complexity index is 798. The minimum Gasteiger partial charge on any atom is -0.503 e. The van der Waals surface area contributed by atoms with Gasteiger partial charge in [-0.15, -0.1) is 0 Å². The van der Waals surface area contributed by atoms with Crippen molar-refractivity contribution >= 4 is 17.4 Å². The molecule has 124 valence electrons. The molecule has 5 heteroatoms. The smallest absolute Gasteiger partial charge is 0.294 e. The highest BCUT2D eigenvalue weighted by Gasteiger charge is 2.47. The third kappa shape index (κ3) is 2.52. The zero-order valence-corrected chi connectivity index (χ0v) is 13.8. The lowest BCUT2D eigenvalue weighted by molar-refractivity contribution is -0.123. The van der Waals surface area contributed by atoms with Crippen LogP contribution < -0.4 is 4.90 Å². The normalized spacial score (nSPS) is 18.4. The summed E-state index contributed by atoms with van der Waals surface area (Å²) in [6.07, 6.45) is 1.48. The fourth-order valence-electron chi connectivity index (χ4n) is 2.81. The van der Waals surface area contributed by atoms with Gasteiger partial charge in [-0.05, 0) is 24.3 Å². The molecule has 1 atom stereocenters. The standard InChI is InChI=1S/C19H19NO4/c1-19(2,3)17(22)14-15(13-10-7-11-24-13)20(18(23)16(14)21)12-8-5-4-6-9-12/h4-11,15,21H,1-3H3. The molecule has 1 aliphatic heterocycles. The highest BCUT2D eigenvalue weighted by atomic mass is 16.3. The lowest BCUT2D eigenvalue weighted by Crippen LogP contribution is -2.32. The Hall–Kier alpha value is -2.82. The number of furan rings is 1. The summed E-state index contributed by atoms with van der Waals surface area (Å²) in [5, 5.41) is 10.4.